The molecule has 3 rings (SSSR count). The zero-order valence-electron chi connectivity index (χ0n) is 11.9. The second-order valence-electron chi connectivity index (χ2n) is 5.95. The number of benzene rings is 1. The Labute approximate surface area is 129 Å². The minimum absolute atomic E-state index is 0.630. The number of aromatic nitrogens is 2. The summed E-state index contributed by atoms with van der Waals surface area (Å²) in [5, 5.41) is 0.760. The Kier molecular flexibility index (Phi) is 3.89. The van der Waals surface area contributed by atoms with E-state index in [2.05, 4.69) is 28.3 Å². The van der Waals surface area contributed by atoms with Gasteiger partial charge in [0, 0.05) is 24.2 Å². The van der Waals surface area contributed by atoms with E-state index in [9.17, 15) is 0 Å². The van der Waals surface area contributed by atoms with E-state index in [1.54, 1.807) is 0 Å². The SMILES string of the molecule is CC(C)N1CCC(Cn2c(=S)[nH]c3ccc(Cl)cc32)C1. The smallest absolute Gasteiger partial charge is 0.178 e. The van der Waals surface area contributed by atoms with Crippen LogP contribution in [0.15, 0.2) is 18.2 Å². The molecule has 5 heteroatoms. The largest absolute Gasteiger partial charge is 0.331 e. The third-order valence-corrected chi connectivity index (χ3v) is 4.78. The lowest BCUT2D eigenvalue weighted by molar-refractivity contribution is 0.261. The van der Waals surface area contributed by atoms with Gasteiger partial charge in [-0.15, -0.1) is 0 Å². The Morgan fingerprint density at radius 1 is 1.45 bits per heavy atom. The van der Waals surface area contributed by atoms with Gasteiger partial charge in [-0.1, -0.05) is 11.6 Å². The molecule has 1 aromatic carbocycles. The molecule has 1 saturated heterocycles. The van der Waals surface area contributed by atoms with Crippen molar-refractivity contribution < 1.29 is 0 Å². The monoisotopic (exact) mass is 309 g/mol. The van der Waals surface area contributed by atoms with Gasteiger partial charge in [0.1, 0.15) is 0 Å². The molecular weight excluding hydrogens is 290 g/mol. The van der Waals surface area contributed by atoms with Crippen LogP contribution in [0, 0.1) is 10.7 Å². The van der Waals surface area contributed by atoms with Gasteiger partial charge in [0.25, 0.3) is 0 Å². The number of imidazole rings is 1. The van der Waals surface area contributed by atoms with Crippen LogP contribution in [0.5, 0.6) is 0 Å². The molecule has 1 aliphatic heterocycles. The zero-order chi connectivity index (χ0) is 14.3. The predicted octanol–water partition coefficient (Wildman–Crippen LogP) is 4.08. The molecule has 108 valence electrons. The molecule has 1 aliphatic rings. The summed E-state index contributed by atoms with van der Waals surface area (Å²) in [6.45, 7) is 7.85. The van der Waals surface area contributed by atoms with Crippen LogP contribution < -0.4 is 0 Å². The molecule has 0 spiro atoms. The fourth-order valence-corrected chi connectivity index (χ4v) is 3.50. The molecule has 1 atom stereocenters. The van der Waals surface area contributed by atoms with E-state index in [1.807, 2.05) is 18.2 Å². The second kappa shape index (κ2) is 5.51. The molecular formula is C15H20ClN3S. The highest BCUT2D eigenvalue weighted by atomic mass is 35.5. The van der Waals surface area contributed by atoms with E-state index in [0.717, 1.165) is 33.9 Å². The summed E-state index contributed by atoms with van der Waals surface area (Å²) in [5.74, 6) is 0.669. The molecule has 20 heavy (non-hydrogen) atoms. The van der Waals surface area contributed by atoms with Gasteiger partial charge in [-0.2, -0.15) is 0 Å². The van der Waals surface area contributed by atoms with Crippen molar-refractivity contribution in [2.45, 2.75) is 32.9 Å². The van der Waals surface area contributed by atoms with Gasteiger partial charge < -0.3 is 14.5 Å². The molecule has 0 radical (unpaired) electrons. The quantitative estimate of drug-likeness (QED) is 0.864. The van der Waals surface area contributed by atoms with Gasteiger partial charge in [0.15, 0.2) is 4.77 Å². The number of hydrogen-bond acceptors (Lipinski definition) is 2. The first kappa shape index (κ1) is 14.1. The van der Waals surface area contributed by atoms with E-state index in [1.165, 1.54) is 13.0 Å². The molecule has 0 amide bonds. The number of nitrogens with one attached hydrogen (secondary N) is 1. The van der Waals surface area contributed by atoms with Crippen LogP contribution in [0.3, 0.4) is 0 Å². The van der Waals surface area contributed by atoms with Crippen LogP contribution >= 0.6 is 23.8 Å². The molecule has 0 saturated carbocycles. The summed E-state index contributed by atoms with van der Waals surface area (Å²) >= 11 is 11.6. The van der Waals surface area contributed by atoms with Crippen LogP contribution in [0.25, 0.3) is 11.0 Å². The third-order valence-electron chi connectivity index (χ3n) is 4.23. The van der Waals surface area contributed by atoms with Gasteiger partial charge in [0.05, 0.1) is 11.0 Å². The Morgan fingerprint density at radius 2 is 2.25 bits per heavy atom. The van der Waals surface area contributed by atoms with Gasteiger partial charge >= 0.3 is 0 Å². The van der Waals surface area contributed by atoms with Crippen molar-refractivity contribution in [3.05, 3.63) is 28.0 Å². The van der Waals surface area contributed by atoms with Crippen molar-refractivity contribution in [2.75, 3.05) is 13.1 Å². The van der Waals surface area contributed by atoms with E-state index in [0.29, 0.717) is 12.0 Å². The first-order valence-electron chi connectivity index (χ1n) is 7.16. The number of nitrogens with zero attached hydrogens (tertiary/aromatic N) is 2. The maximum Gasteiger partial charge on any atom is 0.178 e. The van der Waals surface area contributed by atoms with E-state index >= 15 is 0 Å². The van der Waals surface area contributed by atoms with E-state index in [-0.39, 0.29) is 0 Å². The van der Waals surface area contributed by atoms with Crippen molar-refractivity contribution in [1.82, 2.24) is 14.5 Å². The lowest BCUT2D eigenvalue weighted by Gasteiger charge is -2.20. The van der Waals surface area contributed by atoms with Crippen LogP contribution in [0.4, 0.5) is 0 Å². The Balaban J connectivity index is 1.86. The first-order chi connectivity index (χ1) is 9.54. The van der Waals surface area contributed by atoms with Crippen molar-refractivity contribution in [1.29, 1.82) is 0 Å². The average Bonchev–Trinajstić information content (AvgIpc) is 2.97. The maximum atomic E-state index is 6.11. The van der Waals surface area contributed by atoms with Crippen LogP contribution in [0.1, 0.15) is 20.3 Å². The predicted molar refractivity (Wildman–Crippen MR) is 86.9 cm³/mol. The molecule has 1 N–H and O–H groups in total. The molecule has 2 heterocycles. The maximum absolute atomic E-state index is 6.11. The minimum Gasteiger partial charge on any atom is -0.331 e. The van der Waals surface area contributed by atoms with Gasteiger partial charge in [-0.25, -0.2) is 0 Å². The summed E-state index contributed by atoms with van der Waals surface area (Å²) in [7, 11) is 0. The molecule has 2 aromatic rings. The summed E-state index contributed by atoms with van der Waals surface area (Å²) in [6, 6.07) is 6.53. The number of rotatable bonds is 3. The summed E-state index contributed by atoms with van der Waals surface area (Å²) in [6.07, 6.45) is 1.24. The van der Waals surface area contributed by atoms with Crippen LogP contribution in [-0.4, -0.2) is 33.6 Å². The average molecular weight is 310 g/mol. The van der Waals surface area contributed by atoms with Gasteiger partial charge in [0.2, 0.25) is 0 Å². The highest BCUT2D eigenvalue weighted by molar-refractivity contribution is 7.71. The fourth-order valence-electron chi connectivity index (χ4n) is 3.05. The standard InChI is InChI=1S/C15H20ClN3S/c1-10(2)18-6-5-11(8-18)9-19-14-7-12(16)3-4-13(14)17-15(19)20/h3-4,7,10-11H,5-6,8-9H2,1-2H3,(H,17,20). The first-order valence-corrected chi connectivity index (χ1v) is 7.95. The number of H-pyrrole nitrogens is 1. The van der Waals surface area contributed by atoms with Crippen LogP contribution in [-0.2, 0) is 6.54 Å². The second-order valence-corrected chi connectivity index (χ2v) is 6.77. The number of likely N-dealkylation sites (tertiary alicyclic amines) is 1. The summed E-state index contributed by atoms with van der Waals surface area (Å²) < 4.78 is 3.00. The molecule has 0 bridgehead atoms. The summed E-state index contributed by atoms with van der Waals surface area (Å²) in [4.78, 5) is 5.81. The number of aromatic amines is 1. The molecule has 1 aromatic heterocycles. The zero-order valence-corrected chi connectivity index (χ0v) is 13.5. The third kappa shape index (κ3) is 2.65. The molecule has 3 nitrogen and oxygen atoms in total. The fraction of sp³-hybridized carbons (Fsp3) is 0.533. The van der Waals surface area contributed by atoms with E-state index in [4.69, 9.17) is 23.8 Å². The van der Waals surface area contributed by atoms with Gasteiger partial charge in [-0.05, 0) is 63.1 Å². The Hall–Kier alpha value is -0.840. The normalized spacial score (nSPS) is 20.3. The molecule has 0 aliphatic carbocycles. The van der Waals surface area contributed by atoms with Crippen molar-refractivity contribution in [3.63, 3.8) is 0 Å². The van der Waals surface area contributed by atoms with Crippen LogP contribution in [0.2, 0.25) is 5.02 Å². The highest BCUT2D eigenvalue weighted by Crippen LogP contribution is 2.24. The Morgan fingerprint density at radius 3 is 2.95 bits per heavy atom. The lowest BCUT2D eigenvalue weighted by Crippen LogP contribution is -2.28. The number of hydrogen-bond donors (Lipinski definition) is 1. The number of fused-ring (bicyclic) bond motifs is 1. The highest BCUT2D eigenvalue weighted by Gasteiger charge is 2.25. The van der Waals surface area contributed by atoms with Crippen molar-refractivity contribution in [2.24, 2.45) is 5.92 Å². The minimum atomic E-state index is 0.630. The number of halogens is 1. The summed E-state index contributed by atoms with van der Waals surface area (Å²) in [5.41, 5.74) is 2.18. The molecule has 1 fully saturated rings. The topological polar surface area (TPSA) is 24.0 Å². The van der Waals surface area contributed by atoms with E-state index < -0.39 is 0 Å². The van der Waals surface area contributed by atoms with Crippen molar-refractivity contribution in [3.8, 4) is 0 Å². The van der Waals surface area contributed by atoms with Gasteiger partial charge in [-0.3, -0.25) is 0 Å². The lowest BCUT2D eigenvalue weighted by atomic mass is 10.1. The van der Waals surface area contributed by atoms with Crippen molar-refractivity contribution >= 4 is 34.9 Å². The Bertz CT molecular complexity index is 673. The molecule has 1 unspecified atom stereocenters.